The van der Waals surface area contributed by atoms with Gasteiger partial charge in [-0.15, -0.1) is 0 Å². The van der Waals surface area contributed by atoms with Crippen molar-refractivity contribution in [1.29, 1.82) is 0 Å². The van der Waals surface area contributed by atoms with Gasteiger partial charge in [-0.1, -0.05) is 35.4 Å². The molecule has 2 rings (SSSR count). The largest absolute Gasteiger partial charge is 0.460 e. The third-order valence-electron chi connectivity index (χ3n) is 3.88. The van der Waals surface area contributed by atoms with Gasteiger partial charge in [0.1, 0.15) is 13.2 Å². The minimum absolute atomic E-state index is 0.118. The topological polar surface area (TPSA) is 72.5 Å². The monoisotopic (exact) mass is 361 g/mol. The maximum atomic E-state index is 12.2. The molecule has 0 saturated carbocycles. The Morgan fingerprint density at radius 1 is 0.960 bits per heavy atom. The maximum Gasteiger partial charge on any atom is 0.321 e. The van der Waals surface area contributed by atoms with Crippen LogP contribution in [0.3, 0.4) is 0 Å². The zero-order chi connectivity index (χ0) is 18.6. The summed E-state index contributed by atoms with van der Waals surface area (Å²) < 4.78 is 31.9. The number of hydrogen-bond donors (Lipinski definition) is 1. The summed E-state index contributed by atoms with van der Waals surface area (Å²) >= 11 is 0. The highest BCUT2D eigenvalue weighted by molar-refractivity contribution is 7.89. The lowest BCUT2D eigenvalue weighted by atomic mass is 10.1. The number of benzene rings is 2. The standard InChI is InChI=1S/C19H23NO4S/c1-13-7-14(2)9-17(8-13)12-24-19(21)11-20-25(22,23)18-6-5-15(3)16(4)10-18/h5-10,20H,11-12H2,1-4H3. The van der Waals surface area contributed by atoms with Gasteiger partial charge in [-0.05, 0) is 56.5 Å². The second-order valence-electron chi connectivity index (χ2n) is 6.23. The van der Waals surface area contributed by atoms with Crippen LogP contribution in [0.1, 0.15) is 27.8 Å². The fourth-order valence-corrected chi connectivity index (χ4v) is 3.54. The molecule has 134 valence electrons. The SMILES string of the molecule is Cc1cc(C)cc(COC(=O)CNS(=O)(=O)c2ccc(C)c(C)c2)c1. The average Bonchev–Trinajstić information content (AvgIpc) is 2.52. The van der Waals surface area contributed by atoms with Crippen molar-refractivity contribution in [3.63, 3.8) is 0 Å². The van der Waals surface area contributed by atoms with Crippen molar-refractivity contribution in [2.45, 2.75) is 39.2 Å². The van der Waals surface area contributed by atoms with Gasteiger partial charge in [-0.3, -0.25) is 4.79 Å². The number of ether oxygens (including phenoxy) is 1. The van der Waals surface area contributed by atoms with Crippen molar-refractivity contribution in [3.8, 4) is 0 Å². The van der Waals surface area contributed by atoms with E-state index in [4.69, 9.17) is 4.74 Å². The maximum absolute atomic E-state index is 12.2. The summed E-state index contributed by atoms with van der Waals surface area (Å²) in [5.41, 5.74) is 4.93. The molecule has 0 heterocycles. The molecule has 0 aliphatic rings. The van der Waals surface area contributed by atoms with Gasteiger partial charge in [-0.25, -0.2) is 8.42 Å². The molecule has 2 aromatic carbocycles. The van der Waals surface area contributed by atoms with E-state index in [2.05, 4.69) is 4.72 Å². The number of carbonyl (C=O) groups is 1. The highest BCUT2D eigenvalue weighted by atomic mass is 32.2. The molecule has 2 aromatic rings. The van der Waals surface area contributed by atoms with E-state index in [0.29, 0.717) is 0 Å². The fourth-order valence-electron chi connectivity index (χ4n) is 2.49. The van der Waals surface area contributed by atoms with E-state index in [-0.39, 0.29) is 11.5 Å². The molecule has 0 aromatic heterocycles. The van der Waals surface area contributed by atoms with Crippen molar-refractivity contribution >= 4 is 16.0 Å². The highest BCUT2D eigenvalue weighted by Crippen LogP contribution is 2.14. The Balaban J connectivity index is 1.93. The van der Waals surface area contributed by atoms with Crippen LogP contribution in [0.25, 0.3) is 0 Å². The van der Waals surface area contributed by atoms with Crippen LogP contribution < -0.4 is 4.72 Å². The first kappa shape index (κ1) is 19.1. The van der Waals surface area contributed by atoms with Crippen LogP contribution in [0.5, 0.6) is 0 Å². The Hall–Kier alpha value is -2.18. The van der Waals surface area contributed by atoms with Crippen molar-refractivity contribution in [1.82, 2.24) is 4.72 Å². The summed E-state index contributed by atoms with van der Waals surface area (Å²) in [5, 5.41) is 0. The van der Waals surface area contributed by atoms with E-state index in [1.54, 1.807) is 12.1 Å². The molecule has 0 atom stereocenters. The van der Waals surface area contributed by atoms with Gasteiger partial charge < -0.3 is 4.74 Å². The van der Waals surface area contributed by atoms with Crippen LogP contribution in [-0.2, 0) is 26.2 Å². The molecular formula is C19H23NO4S. The average molecular weight is 361 g/mol. The number of esters is 1. The van der Waals surface area contributed by atoms with Gasteiger partial charge in [-0.2, -0.15) is 4.72 Å². The van der Waals surface area contributed by atoms with Gasteiger partial charge >= 0.3 is 5.97 Å². The van der Waals surface area contributed by atoms with Crippen molar-refractivity contribution in [2.75, 3.05) is 6.54 Å². The van der Waals surface area contributed by atoms with Crippen molar-refractivity contribution < 1.29 is 17.9 Å². The number of aryl methyl sites for hydroxylation is 4. The summed E-state index contributed by atoms with van der Waals surface area (Å²) in [5.74, 6) is -0.619. The lowest BCUT2D eigenvalue weighted by molar-refractivity contribution is -0.143. The molecule has 1 N–H and O–H groups in total. The van der Waals surface area contributed by atoms with Crippen LogP contribution in [0.2, 0.25) is 0 Å². The van der Waals surface area contributed by atoms with Crippen molar-refractivity contribution in [3.05, 3.63) is 64.2 Å². The van der Waals surface area contributed by atoms with Crippen LogP contribution in [-0.4, -0.2) is 20.9 Å². The first-order valence-electron chi connectivity index (χ1n) is 7.97. The summed E-state index contributed by atoms with van der Waals surface area (Å²) in [6.07, 6.45) is 0. The van der Waals surface area contributed by atoms with Crippen LogP contribution in [0.4, 0.5) is 0 Å². The smallest absolute Gasteiger partial charge is 0.321 e. The van der Waals surface area contributed by atoms with Crippen LogP contribution in [0, 0.1) is 27.7 Å². The molecule has 0 fully saturated rings. The molecular weight excluding hydrogens is 338 g/mol. The molecule has 0 saturated heterocycles. The molecule has 0 radical (unpaired) electrons. The number of carbonyl (C=O) groups excluding carboxylic acids is 1. The molecule has 0 unspecified atom stereocenters. The van der Waals surface area contributed by atoms with E-state index in [9.17, 15) is 13.2 Å². The van der Waals surface area contributed by atoms with Gasteiger partial charge in [0.25, 0.3) is 0 Å². The fraction of sp³-hybridized carbons (Fsp3) is 0.316. The summed E-state index contributed by atoms with van der Waals surface area (Å²) in [6.45, 7) is 7.40. The normalized spacial score (nSPS) is 11.4. The zero-order valence-corrected chi connectivity index (χ0v) is 15.7. The molecule has 0 bridgehead atoms. The molecule has 6 heteroatoms. The molecule has 0 aliphatic heterocycles. The number of rotatable bonds is 6. The molecule has 0 spiro atoms. The second-order valence-corrected chi connectivity index (χ2v) is 7.99. The van der Waals surface area contributed by atoms with Gasteiger partial charge in [0.15, 0.2) is 0 Å². The van der Waals surface area contributed by atoms with E-state index in [0.717, 1.165) is 27.8 Å². The third-order valence-corrected chi connectivity index (χ3v) is 5.28. The van der Waals surface area contributed by atoms with E-state index in [1.165, 1.54) is 6.07 Å². The predicted octanol–water partition coefficient (Wildman–Crippen LogP) is 2.94. The minimum Gasteiger partial charge on any atom is -0.460 e. The number of nitrogens with one attached hydrogen (secondary N) is 1. The first-order chi connectivity index (χ1) is 11.7. The van der Waals surface area contributed by atoms with Crippen LogP contribution >= 0.6 is 0 Å². The Kier molecular flexibility index (Phi) is 5.98. The summed E-state index contributed by atoms with van der Waals surface area (Å²) in [7, 11) is -3.74. The lowest BCUT2D eigenvalue weighted by Crippen LogP contribution is -2.30. The van der Waals surface area contributed by atoms with Gasteiger partial charge in [0.05, 0.1) is 4.90 Å². The second kappa shape index (κ2) is 7.80. The Labute approximate surface area is 149 Å². The number of hydrogen-bond acceptors (Lipinski definition) is 4. The molecule has 25 heavy (non-hydrogen) atoms. The van der Waals surface area contributed by atoms with Gasteiger partial charge in [0.2, 0.25) is 10.0 Å². The predicted molar refractivity (Wildman–Crippen MR) is 96.8 cm³/mol. The molecule has 0 aliphatic carbocycles. The Bertz CT molecular complexity index is 868. The molecule has 0 amide bonds. The Morgan fingerprint density at radius 3 is 2.20 bits per heavy atom. The summed E-state index contributed by atoms with van der Waals surface area (Å²) in [6, 6.07) is 10.7. The quantitative estimate of drug-likeness (QED) is 0.803. The Morgan fingerprint density at radius 2 is 1.60 bits per heavy atom. The van der Waals surface area contributed by atoms with E-state index in [1.807, 2.05) is 45.9 Å². The van der Waals surface area contributed by atoms with Crippen LogP contribution in [0.15, 0.2) is 41.3 Å². The van der Waals surface area contributed by atoms with Gasteiger partial charge in [0, 0.05) is 0 Å². The van der Waals surface area contributed by atoms with E-state index >= 15 is 0 Å². The highest BCUT2D eigenvalue weighted by Gasteiger charge is 2.16. The minimum atomic E-state index is -3.74. The van der Waals surface area contributed by atoms with E-state index < -0.39 is 22.5 Å². The molecule has 5 nitrogen and oxygen atoms in total. The zero-order valence-electron chi connectivity index (χ0n) is 14.9. The first-order valence-corrected chi connectivity index (χ1v) is 9.45. The summed E-state index contributed by atoms with van der Waals surface area (Å²) in [4.78, 5) is 12.0. The van der Waals surface area contributed by atoms with Crippen molar-refractivity contribution in [2.24, 2.45) is 0 Å². The number of sulfonamides is 1. The lowest BCUT2D eigenvalue weighted by Gasteiger charge is -2.10. The third kappa shape index (κ3) is 5.41.